The summed E-state index contributed by atoms with van der Waals surface area (Å²) in [5, 5.41) is 3.21. The summed E-state index contributed by atoms with van der Waals surface area (Å²) in [5.74, 6) is 1.17. The molecule has 6 nitrogen and oxygen atoms in total. The number of nitrogens with two attached hydrogens (primary N) is 1. The number of thioether (sulfide) groups is 1. The van der Waals surface area contributed by atoms with Crippen molar-refractivity contribution in [1.29, 1.82) is 0 Å². The van der Waals surface area contributed by atoms with Gasteiger partial charge in [0.1, 0.15) is 11.6 Å². The first-order chi connectivity index (χ1) is 8.06. The number of carbonyl (C=O) groups is 1. The number of anilines is 2. The molecule has 0 atom stereocenters. The molecule has 0 bridgehead atoms. The molecule has 0 aromatic carbocycles. The molecule has 0 spiro atoms. The number of aromatic nitrogens is 2. The molecule has 0 aliphatic carbocycles. The van der Waals surface area contributed by atoms with Crippen LogP contribution in [-0.4, -0.2) is 42.8 Å². The van der Waals surface area contributed by atoms with E-state index in [1.54, 1.807) is 13.1 Å². The predicted octanol–water partition coefficient (Wildman–Crippen LogP) is 0.353. The number of nitrogens with one attached hydrogen (secondary N) is 1. The van der Waals surface area contributed by atoms with Crippen LogP contribution in [0.3, 0.4) is 0 Å². The van der Waals surface area contributed by atoms with Gasteiger partial charge in [-0.2, -0.15) is 0 Å². The van der Waals surface area contributed by atoms with Gasteiger partial charge in [0, 0.05) is 33.1 Å². The van der Waals surface area contributed by atoms with Gasteiger partial charge in [-0.05, 0) is 6.26 Å². The van der Waals surface area contributed by atoms with Gasteiger partial charge in [-0.25, -0.2) is 9.97 Å². The third kappa shape index (κ3) is 4.10. The van der Waals surface area contributed by atoms with Crippen LogP contribution in [0.4, 0.5) is 11.6 Å². The molecule has 0 unspecified atom stereocenters. The predicted molar refractivity (Wildman–Crippen MR) is 70.2 cm³/mol. The van der Waals surface area contributed by atoms with Gasteiger partial charge >= 0.3 is 0 Å². The summed E-state index contributed by atoms with van der Waals surface area (Å²) in [6, 6.07) is 1.70. The van der Waals surface area contributed by atoms with Crippen LogP contribution < -0.4 is 16.0 Å². The highest BCUT2D eigenvalue weighted by atomic mass is 32.2. The van der Waals surface area contributed by atoms with Gasteiger partial charge in [-0.1, -0.05) is 11.8 Å². The quantitative estimate of drug-likeness (QED) is 0.583. The second-order valence-corrected chi connectivity index (χ2v) is 4.26. The van der Waals surface area contributed by atoms with Crippen molar-refractivity contribution in [1.82, 2.24) is 15.3 Å². The summed E-state index contributed by atoms with van der Waals surface area (Å²) in [5.41, 5.74) is 5.68. The van der Waals surface area contributed by atoms with Gasteiger partial charge in [0.2, 0.25) is 5.91 Å². The van der Waals surface area contributed by atoms with E-state index in [1.165, 1.54) is 11.8 Å². The fourth-order valence-corrected chi connectivity index (χ4v) is 1.61. The monoisotopic (exact) mass is 255 g/mol. The lowest BCUT2D eigenvalue weighted by Crippen LogP contribution is -2.27. The molecule has 0 aliphatic rings. The standard InChI is InChI=1S/C10H17N5OS/c1-12-9(16)4-5-15(2)8-6-7(11)13-10(14-8)17-3/h6H,4-5H2,1-3H3,(H,12,16)(H2,11,13,14). The van der Waals surface area contributed by atoms with E-state index in [4.69, 9.17) is 5.73 Å². The van der Waals surface area contributed by atoms with Crippen LogP contribution in [-0.2, 0) is 4.79 Å². The van der Waals surface area contributed by atoms with Crippen LogP contribution in [0.2, 0.25) is 0 Å². The SMILES string of the molecule is CNC(=O)CCN(C)c1cc(N)nc(SC)n1. The van der Waals surface area contributed by atoms with Gasteiger partial charge in [-0.15, -0.1) is 0 Å². The van der Waals surface area contributed by atoms with Gasteiger partial charge in [0.15, 0.2) is 5.16 Å². The van der Waals surface area contributed by atoms with E-state index in [0.717, 1.165) is 5.82 Å². The molecule has 1 rings (SSSR count). The summed E-state index contributed by atoms with van der Waals surface area (Å²) in [6.45, 7) is 0.587. The number of carbonyl (C=O) groups excluding carboxylic acids is 1. The highest BCUT2D eigenvalue weighted by Crippen LogP contribution is 2.17. The zero-order valence-corrected chi connectivity index (χ0v) is 11.0. The Morgan fingerprint density at radius 1 is 1.59 bits per heavy atom. The molecular formula is C10H17N5OS. The van der Waals surface area contributed by atoms with Crippen molar-refractivity contribution in [2.45, 2.75) is 11.6 Å². The average molecular weight is 255 g/mol. The first-order valence-electron chi connectivity index (χ1n) is 5.17. The number of amides is 1. The lowest BCUT2D eigenvalue weighted by molar-refractivity contribution is -0.120. The summed E-state index contributed by atoms with van der Waals surface area (Å²) in [6.07, 6.45) is 2.31. The molecular weight excluding hydrogens is 238 g/mol. The molecule has 0 saturated carbocycles. The minimum absolute atomic E-state index is 0.00367. The minimum Gasteiger partial charge on any atom is -0.383 e. The molecule has 1 amide bonds. The Labute approximate surface area is 105 Å². The van der Waals surface area contributed by atoms with E-state index in [2.05, 4.69) is 15.3 Å². The Hall–Kier alpha value is -1.50. The van der Waals surface area contributed by atoms with Crippen LogP contribution in [0.25, 0.3) is 0 Å². The summed E-state index contributed by atoms with van der Waals surface area (Å²) >= 11 is 1.44. The highest BCUT2D eigenvalue weighted by Gasteiger charge is 2.08. The van der Waals surface area contributed by atoms with E-state index in [1.807, 2.05) is 18.2 Å². The van der Waals surface area contributed by atoms with Crippen molar-refractivity contribution in [2.24, 2.45) is 0 Å². The third-order valence-electron chi connectivity index (χ3n) is 2.24. The second-order valence-electron chi connectivity index (χ2n) is 3.48. The molecule has 1 aromatic heterocycles. The molecule has 0 fully saturated rings. The van der Waals surface area contributed by atoms with Gasteiger partial charge in [-0.3, -0.25) is 4.79 Å². The maximum atomic E-state index is 11.1. The Morgan fingerprint density at radius 3 is 2.88 bits per heavy atom. The van der Waals surface area contributed by atoms with Gasteiger partial charge in [0.05, 0.1) is 0 Å². The van der Waals surface area contributed by atoms with Crippen LogP contribution >= 0.6 is 11.8 Å². The van der Waals surface area contributed by atoms with Gasteiger partial charge in [0.25, 0.3) is 0 Å². The molecule has 7 heteroatoms. The lowest BCUT2D eigenvalue weighted by Gasteiger charge is -2.18. The molecule has 3 N–H and O–H groups in total. The van der Waals surface area contributed by atoms with Crippen LogP contribution in [0, 0.1) is 0 Å². The first-order valence-corrected chi connectivity index (χ1v) is 6.39. The minimum atomic E-state index is 0.00367. The van der Waals surface area contributed by atoms with Crippen molar-refractivity contribution in [3.05, 3.63) is 6.07 Å². The van der Waals surface area contributed by atoms with Crippen LogP contribution in [0.1, 0.15) is 6.42 Å². The molecule has 94 valence electrons. The smallest absolute Gasteiger partial charge is 0.221 e. The van der Waals surface area contributed by atoms with Crippen LogP contribution in [0.15, 0.2) is 11.2 Å². The highest BCUT2D eigenvalue weighted by molar-refractivity contribution is 7.98. The molecule has 17 heavy (non-hydrogen) atoms. The third-order valence-corrected chi connectivity index (χ3v) is 2.79. The largest absolute Gasteiger partial charge is 0.383 e. The first kappa shape index (κ1) is 13.6. The van der Waals surface area contributed by atoms with Crippen molar-refractivity contribution in [3.63, 3.8) is 0 Å². The number of nitrogen functional groups attached to an aromatic ring is 1. The van der Waals surface area contributed by atoms with E-state index in [0.29, 0.717) is 23.9 Å². The Balaban J connectivity index is 2.71. The van der Waals surface area contributed by atoms with E-state index in [9.17, 15) is 4.79 Å². The fourth-order valence-electron chi connectivity index (χ4n) is 1.23. The Morgan fingerprint density at radius 2 is 2.29 bits per heavy atom. The lowest BCUT2D eigenvalue weighted by atomic mass is 10.3. The van der Waals surface area contributed by atoms with Crippen molar-refractivity contribution >= 4 is 29.3 Å². The van der Waals surface area contributed by atoms with E-state index < -0.39 is 0 Å². The number of hydrogen-bond donors (Lipinski definition) is 2. The molecule has 1 aromatic rings. The zero-order chi connectivity index (χ0) is 12.8. The normalized spacial score (nSPS) is 10.1. The maximum absolute atomic E-state index is 11.1. The molecule has 0 radical (unpaired) electrons. The second kappa shape index (κ2) is 6.29. The number of rotatable bonds is 5. The van der Waals surface area contributed by atoms with Gasteiger partial charge < -0.3 is 16.0 Å². The Bertz CT molecular complexity index is 398. The molecule has 0 saturated heterocycles. The maximum Gasteiger partial charge on any atom is 0.221 e. The molecule has 0 aliphatic heterocycles. The van der Waals surface area contributed by atoms with Crippen molar-refractivity contribution in [3.8, 4) is 0 Å². The van der Waals surface area contributed by atoms with Crippen molar-refractivity contribution in [2.75, 3.05) is 37.5 Å². The summed E-state index contributed by atoms with van der Waals surface area (Å²) in [7, 11) is 3.49. The Kier molecular flexibility index (Phi) is 5.02. The van der Waals surface area contributed by atoms with Crippen molar-refractivity contribution < 1.29 is 4.79 Å². The summed E-state index contributed by atoms with van der Waals surface area (Å²) < 4.78 is 0. The topological polar surface area (TPSA) is 84.1 Å². The summed E-state index contributed by atoms with van der Waals surface area (Å²) in [4.78, 5) is 21.4. The van der Waals surface area contributed by atoms with E-state index in [-0.39, 0.29) is 5.91 Å². The zero-order valence-electron chi connectivity index (χ0n) is 10.2. The molecule has 1 heterocycles. The van der Waals surface area contributed by atoms with Crippen LogP contribution in [0.5, 0.6) is 0 Å². The number of nitrogens with zero attached hydrogens (tertiary/aromatic N) is 3. The number of hydrogen-bond acceptors (Lipinski definition) is 6. The van der Waals surface area contributed by atoms with E-state index >= 15 is 0 Å². The average Bonchev–Trinajstić information content (AvgIpc) is 2.34. The fraction of sp³-hybridized carbons (Fsp3) is 0.500.